The smallest absolute Gasteiger partial charge is 0.363 e. The first-order chi connectivity index (χ1) is 17.4. The van der Waals surface area contributed by atoms with Crippen LogP contribution < -0.4 is 14.2 Å². The predicted octanol–water partition coefficient (Wildman–Crippen LogP) is 4.58. The van der Waals surface area contributed by atoms with Gasteiger partial charge in [0.1, 0.15) is 5.75 Å². The molecule has 0 saturated heterocycles. The van der Waals surface area contributed by atoms with Gasteiger partial charge < -0.3 is 18.9 Å². The van der Waals surface area contributed by atoms with Crippen LogP contribution in [0.25, 0.3) is 12.2 Å². The molecular weight excluding hydrogens is 462 g/mol. The van der Waals surface area contributed by atoms with E-state index >= 15 is 0 Å². The van der Waals surface area contributed by atoms with Crippen molar-refractivity contribution in [1.29, 1.82) is 0 Å². The molecule has 0 saturated carbocycles. The molecule has 1 aliphatic rings. The summed E-state index contributed by atoms with van der Waals surface area (Å²) in [4.78, 5) is 40.4. The lowest BCUT2D eigenvalue weighted by Gasteiger charge is -2.09. The SMILES string of the molecule is COc1cc(C2=N/C(=C\c3ccccc3OC(=O)/C=C/c3ccccc3)C(=O)O2)ccc1OC(C)=O. The van der Waals surface area contributed by atoms with Gasteiger partial charge in [-0.1, -0.05) is 48.5 Å². The van der Waals surface area contributed by atoms with Gasteiger partial charge in [-0.25, -0.2) is 14.6 Å². The van der Waals surface area contributed by atoms with Crippen LogP contribution in [0.15, 0.2) is 89.6 Å². The highest BCUT2D eigenvalue weighted by molar-refractivity contribution is 6.13. The van der Waals surface area contributed by atoms with Crippen molar-refractivity contribution in [2.24, 2.45) is 4.99 Å². The van der Waals surface area contributed by atoms with Crippen LogP contribution in [0.4, 0.5) is 0 Å². The molecule has 0 bridgehead atoms. The van der Waals surface area contributed by atoms with Crippen LogP contribution in [0, 0.1) is 0 Å². The predicted molar refractivity (Wildman–Crippen MR) is 132 cm³/mol. The summed E-state index contributed by atoms with van der Waals surface area (Å²) in [5.74, 6) is -0.909. The molecule has 0 atom stereocenters. The normalized spacial score (nSPS) is 13.9. The molecule has 4 rings (SSSR count). The van der Waals surface area contributed by atoms with Crippen molar-refractivity contribution < 1.29 is 33.3 Å². The molecule has 36 heavy (non-hydrogen) atoms. The van der Waals surface area contributed by atoms with Gasteiger partial charge in [0.05, 0.1) is 7.11 Å². The molecule has 0 spiro atoms. The van der Waals surface area contributed by atoms with E-state index in [1.807, 2.05) is 30.3 Å². The summed E-state index contributed by atoms with van der Waals surface area (Å²) in [6, 6.07) is 20.8. The summed E-state index contributed by atoms with van der Waals surface area (Å²) in [6.45, 7) is 1.28. The van der Waals surface area contributed by atoms with Crippen LogP contribution in [-0.2, 0) is 19.1 Å². The zero-order valence-electron chi connectivity index (χ0n) is 19.5. The lowest BCUT2D eigenvalue weighted by molar-refractivity contribution is -0.132. The van der Waals surface area contributed by atoms with E-state index in [2.05, 4.69) is 4.99 Å². The number of methoxy groups -OCH3 is 1. The lowest BCUT2D eigenvalue weighted by Crippen LogP contribution is -2.07. The second kappa shape index (κ2) is 11.0. The number of ether oxygens (including phenoxy) is 4. The Balaban J connectivity index is 1.56. The average molecular weight is 483 g/mol. The minimum atomic E-state index is -0.668. The molecule has 180 valence electrons. The largest absolute Gasteiger partial charge is 0.493 e. The van der Waals surface area contributed by atoms with Crippen LogP contribution in [0.2, 0.25) is 0 Å². The topological polar surface area (TPSA) is 100 Å². The number of hydrogen-bond acceptors (Lipinski definition) is 8. The first-order valence-electron chi connectivity index (χ1n) is 10.9. The van der Waals surface area contributed by atoms with E-state index in [4.69, 9.17) is 18.9 Å². The van der Waals surface area contributed by atoms with Crippen LogP contribution >= 0.6 is 0 Å². The van der Waals surface area contributed by atoms with Gasteiger partial charge in [-0.3, -0.25) is 4.79 Å². The van der Waals surface area contributed by atoms with Crippen molar-refractivity contribution in [3.63, 3.8) is 0 Å². The number of carbonyl (C=O) groups excluding carboxylic acids is 3. The number of nitrogens with zero attached hydrogens (tertiary/aromatic N) is 1. The van der Waals surface area contributed by atoms with E-state index in [9.17, 15) is 14.4 Å². The number of para-hydroxylation sites is 1. The summed E-state index contributed by atoms with van der Waals surface area (Å²) in [5.41, 5.74) is 1.80. The average Bonchev–Trinajstić information content (AvgIpc) is 3.24. The maximum atomic E-state index is 12.5. The first kappa shape index (κ1) is 24.2. The van der Waals surface area contributed by atoms with E-state index in [-0.39, 0.29) is 28.8 Å². The van der Waals surface area contributed by atoms with Crippen molar-refractivity contribution in [3.05, 3.63) is 101 Å². The van der Waals surface area contributed by atoms with E-state index in [1.54, 1.807) is 42.5 Å². The van der Waals surface area contributed by atoms with Gasteiger partial charge in [-0.15, -0.1) is 0 Å². The minimum absolute atomic E-state index is 0.0244. The highest BCUT2D eigenvalue weighted by Crippen LogP contribution is 2.30. The van der Waals surface area contributed by atoms with Gasteiger partial charge in [0.15, 0.2) is 17.2 Å². The molecular formula is C28H21NO7. The van der Waals surface area contributed by atoms with Crippen LogP contribution in [0.3, 0.4) is 0 Å². The van der Waals surface area contributed by atoms with Gasteiger partial charge in [-0.2, -0.15) is 0 Å². The summed E-state index contributed by atoms with van der Waals surface area (Å²) < 4.78 is 21.1. The first-order valence-corrected chi connectivity index (χ1v) is 10.9. The molecule has 0 unspecified atom stereocenters. The molecule has 0 N–H and O–H groups in total. The van der Waals surface area contributed by atoms with Crippen molar-refractivity contribution in [3.8, 4) is 17.2 Å². The Hall–Kier alpha value is -4.98. The fourth-order valence-corrected chi connectivity index (χ4v) is 3.28. The Morgan fingerprint density at radius 3 is 2.39 bits per heavy atom. The Bertz CT molecular complexity index is 1400. The quantitative estimate of drug-likeness (QED) is 0.275. The molecule has 0 fully saturated rings. The maximum absolute atomic E-state index is 12.5. The van der Waals surface area contributed by atoms with Crippen molar-refractivity contribution in [1.82, 2.24) is 0 Å². The summed E-state index contributed by atoms with van der Waals surface area (Å²) in [6.07, 6.45) is 4.45. The summed E-state index contributed by atoms with van der Waals surface area (Å²) in [5, 5.41) is 0. The monoisotopic (exact) mass is 483 g/mol. The van der Waals surface area contributed by atoms with Gasteiger partial charge in [0.25, 0.3) is 0 Å². The molecule has 0 amide bonds. The van der Waals surface area contributed by atoms with E-state index < -0.39 is 17.9 Å². The number of esters is 3. The molecule has 8 heteroatoms. The Morgan fingerprint density at radius 1 is 0.889 bits per heavy atom. The van der Waals surface area contributed by atoms with Crippen LogP contribution in [0.5, 0.6) is 17.2 Å². The highest BCUT2D eigenvalue weighted by atomic mass is 16.6. The van der Waals surface area contributed by atoms with Crippen molar-refractivity contribution in [2.75, 3.05) is 7.11 Å². The van der Waals surface area contributed by atoms with Gasteiger partial charge in [0.2, 0.25) is 5.90 Å². The minimum Gasteiger partial charge on any atom is -0.493 e. The molecule has 8 nitrogen and oxygen atoms in total. The molecule has 3 aromatic rings. The molecule has 1 heterocycles. The Kier molecular flexibility index (Phi) is 7.36. The van der Waals surface area contributed by atoms with E-state index in [0.29, 0.717) is 11.1 Å². The zero-order chi connectivity index (χ0) is 25.5. The third-order valence-electron chi connectivity index (χ3n) is 4.92. The Morgan fingerprint density at radius 2 is 1.64 bits per heavy atom. The fourth-order valence-electron chi connectivity index (χ4n) is 3.28. The van der Waals surface area contributed by atoms with Crippen LogP contribution in [-0.4, -0.2) is 30.9 Å². The second-order valence-electron chi connectivity index (χ2n) is 7.50. The summed E-state index contributed by atoms with van der Waals surface area (Å²) >= 11 is 0. The van der Waals surface area contributed by atoms with Gasteiger partial charge in [0, 0.05) is 24.1 Å². The molecule has 0 aromatic heterocycles. The molecule has 0 aliphatic carbocycles. The molecule has 3 aromatic carbocycles. The number of cyclic esters (lactones) is 1. The van der Waals surface area contributed by atoms with Crippen molar-refractivity contribution in [2.45, 2.75) is 6.92 Å². The number of aliphatic imine (C=N–C) groups is 1. The van der Waals surface area contributed by atoms with Gasteiger partial charge in [-0.05, 0) is 42.0 Å². The second-order valence-corrected chi connectivity index (χ2v) is 7.50. The highest BCUT2D eigenvalue weighted by Gasteiger charge is 2.25. The van der Waals surface area contributed by atoms with Crippen LogP contribution in [0.1, 0.15) is 23.6 Å². The number of hydrogen-bond donors (Lipinski definition) is 0. The number of benzene rings is 3. The zero-order valence-corrected chi connectivity index (χ0v) is 19.5. The summed E-state index contributed by atoms with van der Waals surface area (Å²) in [7, 11) is 1.42. The number of rotatable bonds is 7. The third-order valence-corrected chi connectivity index (χ3v) is 4.92. The lowest BCUT2D eigenvalue weighted by atomic mass is 10.1. The fraction of sp³-hybridized carbons (Fsp3) is 0.0714. The standard InChI is InChI=1S/C28H21NO7/c1-18(30)34-24-14-13-21(17-25(24)33-2)27-29-22(28(32)36-27)16-20-10-6-7-11-23(20)35-26(31)15-12-19-8-4-3-5-9-19/h3-17H,1-2H3/b15-12+,22-16-. The number of carbonyl (C=O) groups is 3. The van der Waals surface area contributed by atoms with Gasteiger partial charge >= 0.3 is 17.9 Å². The molecule has 1 aliphatic heterocycles. The Labute approximate surface area is 207 Å². The van der Waals surface area contributed by atoms with Crippen molar-refractivity contribution >= 4 is 36.0 Å². The van der Waals surface area contributed by atoms with E-state index in [0.717, 1.165) is 5.56 Å². The maximum Gasteiger partial charge on any atom is 0.363 e. The van der Waals surface area contributed by atoms with E-state index in [1.165, 1.54) is 32.3 Å². The third kappa shape index (κ3) is 5.92. The molecule has 0 radical (unpaired) electrons.